The minimum Gasteiger partial charge on any atom is -0.351 e. The first-order valence-electron chi connectivity index (χ1n) is 6.85. The number of aromatic nitrogens is 1. The third-order valence-corrected chi connectivity index (χ3v) is 4.53. The molecule has 110 valence electrons. The molecule has 0 saturated carbocycles. The minimum atomic E-state index is -0.0888. The number of carbonyl (C=O) groups excluding carboxylic acids is 1. The van der Waals surface area contributed by atoms with Gasteiger partial charge >= 0.3 is 0 Å². The van der Waals surface area contributed by atoms with E-state index in [1.54, 1.807) is 18.7 Å². The fraction of sp³-hybridized carbons (Fsp3) is 0.333. The third-order valence-electron chi connectivity index (χ3n) is 3.59. The number of rotatable bonds is 3. The van der Waals surface area contributed by atoms with E-state index in [0.717, 1.165) is 28.1 Å². The molecule has 1 amide bonds. The molecule has 21 heavy (non-hydrogen) atoms. The molecule has 5 nitrogen and oxygen atoms in total. The predicted molar refractivity (Wildman–Crippen MR) is 85.4 cm³/mol. The van der Waals surface area contributed by atoms with Gasteiger partial charge in [-0.05, 0) is 36.1 Å². The molecule has 0 aliphatic carbocycles. The van der Waals surface area contributed by atoms with Crippen LogP contribution in [0, 0.1) is 6.92 Å². The second-order valence-corrected chi connectivity index (χ2v) is 6.22. The van der Waals surface area contributed by atoms with Crippen molar-refractivity contribution in [2.24, 2.45) is 0 Å². The number of hydrogen-bond donors (Lipinski definition) is 3. The van der Waals surface area contributed by atoms with Gasteiger partial charge in [0.2, 0.25) is 5.91 Å². The Morgan fingerprint density at radius 2 is 2.29 bits per heavy atom. The molecule has 3 rings (SSSR count). The van der Waals surface area contributed by atoms with Gasteiger partial charge in [0.1, 0.15) is 0 Å². The Kier molecular flexibility index (Phi) is 3.98. The first kappa shape index (κ1) is 14.2. The Hall–Kier alpha value is -1.79. The van der Waals surface area contributed by atoms with Crippen molar-refractivity contribution in [3.8, 4) is 0 Å². The number of nitrogens with one attached hydrogen (secondary N) is 3. The summed E-state index contributed by atoms with van der Waals surface area (Å²) in [6.45, 7) is 2.28. The molecule has 0 bridgehead atoms. The third kappa shape index (κ3) is 3.11. The zero-order chi connectivity index (χ0) is 14.8. The van der Waals surface area contributed by atoms with E-state index in [1.807, 2.05) is 24.3 Å². The first-order chi connectivity index (χ1) is 10.1. The molecule has 1 aliphatic rings. The van der Waals surface area contributed by atoms with E-state index in [1.165, 1.54) is 0 Å². The van der Waals surface area contributed by atoms with Gasteiger partial charge in [-0.2, -0.15) is 0 Å². The molecule has 2 aromatic rings. The number of amides is 1. The lowest BCUT2D eigenvalue weighted by Crippen LogP contribution is -2.41. The number of aryl methyl sites for hydroxylation is 1. The van der Waals surface area contributed by atoms with Gasteiger partial charge in [0.25, 0.3) is 5.56 Å². The molecule has 1 saturated heterocycles. The van der Waals surface area contributed by atoms with Gasteiger partial charge in [-0.15, -0.1) is 11.8 Å². The molecule has 1 unspecified atom stereocenters. The summed E-state index contributed by atoms with van der Waals surface area (Å²) in [6, 6.07) is 7.57. The van der Waals surface area contributed by atoms with Gasteiger partial charge in [0.05, 0.1) is 6.04 Å². The van der Waals surface area contributed by atoms with Crippen molar-refractivity contribution in [3.63, 3.8) is 0 Å². The van der Waals surface area contributed by atoms with Crippen molar-refractivity contribution in [2.75, 3.05) is 11.6 Å². The average Bonchev–Trinajstić information content (AvgIpc) is 3.00. The second kappa shape index (κ2) is 5.91. The highest BCUT2D eigenvalue weighted by Gasteiger charge is 2.21. The maximum absolute atomic E-state index is 11.9. The summed E-state index contributed by atoms with van der Waals surface area (Å²) < 4.78 is 0. The number of fused-ring (bicyclic) bond motifs is 1. The number of thioether (sulfide) groups is 1. The lowest BCUT2D eigenvalue weighted by molar-refractivity contribution is -0.122. The zero-order valence-electron chi connectivity index (χ0n) is 11.7. The number of pyridine rings is 1. The number of carbonyl (C=O) groups is 1. The van der Waals surface area contributed by atoms with Crippen LogP contribution in [0.4, 0.5) is 0 Å². The Balaban J connectivity index is 1.73. The molecular weight excluding hydrogens is 286 g/mol. The summed E-state index contributed by atoms with van der Waals surface area (Å²) in [5, 5.41) is 7.07. The zero-order valence-corrected chi connectivity index (χ0v) is 12.5. The lowest BCUT2D eigenvalue weighted by atomic mass is 10.1. The molecule has 1 aromatic carbocycles. The summed E-state index contributed by atoms with van der Waals surface area (Å²) in [4.78, 5) is 26.3. The van der Waals surface area contributed by atoms with Crippen LogP contribution in [-0.4, -0.2) is 28.6 Å². The highest BCUT2D eigenvalue weighted by Crippen LogP contribution is 2.14. The van der Waals surface area contributed by atoms with E-state index >= 15 is 0 Å². The summed E-state index contributed by atoms with van der Waals surface area (Å²) in [6.07, 6.45) is 0. The van der Waals surface area contributed by atoms with Crippen molar-refractivity contribution < 1.29 is 4.79 Å². The van der Waals surface area contributed by atoms with Gasteiger partial charge < -0.3 is 10.3 Å². The van der Waals surface area contributed by atoms with Crippen LogP contribution in [0.2, 0.25) is 0 Å². The van der Waals surface area contributed by atoms with Crippen LogP contribution in [-0.2, 0) is 11.3 Å². The fourth-order valence-electron chi connectivity index (χ4n) is 2.35. The number of hydrogen-bond acceptors (Lipinski definition) is 4. The smallest absolute Gasteiger partial charge is 0.251 e. The van der Waals surface area contributed by atoms with Crippen LogP contribution < -0.4 is 16.2 Å². The summed E-state index contributed by atoms with van der Waals surface area (Å²) >= 11 is 1.73. The SMILES string of the molecule is Cc1cc2cc(CNC(=O)C3CSCN3)ccc2[nH]c1=O. The van der Waals surface area contributed by atoms with Crippen molar-refractivity contribution >= 4 is 28.6 Å². The lowest BCUT2D eigenvalue weighted by Gasteiger charge is -2.11. The molecule has 0 spiro atoms. The number of H-pyrrole nitrogens is 1. The quantitative estimate of drug-likeness (QED) is 0.794. The van der Waals surface area contributed by atoms with E-state index in [4.69, 9.17) is 0 Å². The molecule has 1 aliphatic heterocycles. The topological polar surface area (TPSA) is 74.0 Å². The standard InChI is InChI=1S/C15H17N3O2S/c1-9-4-11-5-10(2-3-12(11)18-14(9)19)6-16-15(20)13-7-21-8-17-13/h2-5,13,17H,6-8H2,1H3,(H,16,20)(H,18,19). The van der Waals surface area contributed by atoms with Gasteiger partial charge in [0.15, 0.2) is 0 Å². The van der Waals surface area contributed by atoms with Crippen LogP contribution in [0.1, 0.15) is 11.1 Å². The largest absolute Gasteiger partial charge is 0.351 e. The summed E-state index contributed by atoms with van der Waals surface area (Å²) in [5.74, 6) is 1.70. The average molecular weight is 303 g/mol. The number of aromatic amines is 1. The van der Waals surface area contributed by atoms with Crippen LogP contribution in [0.15, 0.2) is 29.1 Å². The van der Waals surface area contributed by atoms with Gasteiger partial charge in [-0.1, -0.05) is 6.07 Å². The van der Waals surface area contributed by atoms with E-state index in [-0.39, 0.29) is 17.5 Å². The van der Waals surface area contributed by atoms with Gasteiger partial charge in [0, 0.05) is 29.3 Å². The second-order valence-electron chi connectivity index (χ2n) is 5.19. The van der Waals surface area contributed by atoms with Crippen LogP contribution >= 0.6 is 11.8 Å². The van der Waals surface area contributed by atoms with E-state index in [0.29, 0.717) is 12.1 Å². The Labute approximate surface area is 126 Å². The summed E-state index contributed by atoms with van der Waals surface area (Å²) in [7, 11) is 0. The molecule has 6 heteroatoms. The molecule has 3 N–H and O–H groups in total. The molecular formula is C15H17N3O2S. The Bertz CT molecular complexity index is 735. The number of benzene rings is 1. The summed E-state index contributed by atoms with van der Waals surface area (Å²) in [5.41, 5.74) is 2.46. The monoisotopic (exact) mass is 303 g/mol. The highest BCUT2D eigenvalue weighted by molar-refractivity contribution is 7.99. The van der Waals surface area contributed by atoms with E-state index < -0.39 is 0 Å². The molecule has 1 aromatic heterocycles. The first-order valence-corrected chi connectivity index (χ1v) is 8.00. The minimum absolute atomic E-state index is 0.0396. The van der Waals surface area contributed by atoms with Crippen LogP contribution in [0.3, 0.4) is 0 Å². The van der Waals surface area contributed by atoms with E-state index in [2.05, 4.69) is 15.6 Å². The normalized spacial score (nSPS) is 18.0. The van der Waals surface area contributed by atoms with Crippen LogP contribution in [0.5, 0.6) is 0 Å². The van der Waals surface area contributed by atoms with Crippen molar-refractivity contribution in [3.05, 3.63) is 45.7 Å². The maximum Gasteiger partial charge on any atom is 0.251 e. The van der Waals surface area contributed by atoms with Crippen molar-refractivity contribution in [1.82, 2.24) is 15.6 Å². The molecule has 0 radical (unpaired) electrons. The highest BCUT2D eigenvalue weighted by atomic mass is 32.2. The van der Waals surface area contributed by atoms with Crippen LogP contribution in [0.25, 0.3) is 10.9 Å². The molecule has 1 atom stereocenters. The molecule has 2 heterocycles. The molecule has 1 fully saturated rings. The Morgan fingerprint density at radius 1 is 1.43 bits per heavy atom. The van der Waals surface area contributed by atoms with Crippen molar-refractivity contribution in [2.45, 2.75) is 19.5 Å². The van der Waals surface area contributed by atoms with Crippen molar-refractivity contribution in [1.29, 1.82) is 0 Å². The maximum atomic E-state index is 11.9. The van der Waals surface area contributed by atoms with Gasteiger partial charge in [-0.25, -0.2) is 0 Å². The van der Waals surface area contributed by atoms with Gasteiger partial charge in [-0.3, -0.25) is 14.9 Å². The fourth-order valence-corrected chi connectivity index (χ4v) is 3.29. The Morgan fingerprint density at radius 3 is 3.05 bits per heavy atom. The van der Waals surface area contributed by atoms with E-state index in [9.17, 15) is 9.59 Å². The predicted octanol–water partition coefficient (Wildman–Crippen LogP) is 1.12.